The highest BCUT2D eigenvalue weighted by Gasteiger charge is 2.26. The molecule has 22 heavy (non-hydrogen) atoms. The number of halogens is 1. The van der Waals surface area contributed by atoms with Crippen molar-refractivity contribution in [1.29, 1.82) is 0 Å². The van der Waals surface area contributed by atoms with Crippen LogP contribution in [-0.2, 0) is 18.5 Å². The minimum absolute atomic E-state index is 0. The number of nitrogens with zero attached hydrogens (tertiary/aromatic N) is 3. The average molecular weight is 323 g/mol. The predicted molar refractivity (Wildman–Crippen MR) is 89.2 cm³/mol. The summed E-state index contributed by atoms with van der Waals surface area (Å²) in [5.41, 5.74) is 8.08. The van der Waals surface area contributed by atoms with Gasteiger partial charge in [0.05, 0.1) is 12.1 Å². The van der Waals surface area contributed by atoms with Gasteiger partial charge in [0.25, 0.3) is 0 Å². The highest BCUT2D eigenvalue weighted by molar-refractivity contribution is 5.85. The summed E-state index contributed by atoms with van der Waals surface area (Å²) in [4.78, 5) is 6.77. The van der Waals surface area contributed by atoms with Crippen LogP contribution in [0.2, 0.25) is 0 Å². The Morgan fingerprint density at radius 2 is 2.09 bits per heavy atom. The smallest absolute Gasteiger partial charge is 0.246 e. The van der Waals surface area contributed by atoms with Crippen LogP contribution in [0, 0.1) is 0 Å². The number of rotatable bonds is 3. The summed E-state index contributed by atoms with van der Waals surface area (Å²) in [6.45, 7) is 6.61. The van der Waals surface area contributed by atoms with Gasteiger partial charge in [-0.3, -0.25) is 0 Å². The van der Waals surface area contributed by atoms with Crippen LogP contribution in [0.3, 0.4) is 0 Å². The Kier molecular flexibility index (Phi) is 4.78. The van der Waals surface area contributed by atoms with Gasteiger partial charge in [0.15, 0.2) is 5.82 Å². The normalized spacial score (nSPS) is 17.8. The topological polar surface area (TPSA) is 68.2 Å². The van der Waals surface area contributed by atoms with Gasteiger partial charge in [-0.25, -0.2) is 0 Å². The first-order chi connectivity index (χ1) is 9.95. The molecule has 0 spiro atoms. The minimum atomic E-state index is -0.576. The molecule has 0 fully saturated rings. The first-order valence-corrected chi connectivity index (χ1v) is 7.41. The molecule has 5 nitrogen and oxygen atoms in total. The second kappa shape index (κ2) is 6.26. The summed E-state index contributed by atoms with van der Waals surface area (Å²) in [7, 11) is 0. The van der Waals surface area contributed by atoms with Crippen LogP contribution in [0.1, 0.15) is 44.5 Å². The monoisotopic (exact) mass is 322 g/mol. The van der Waals surface area contributed by atoms with Crippen molar-refractivity contribution in [3.63, 3.8) is 0 Å². The average Bonchev–Trinajstić information content (AvgIpc) is 2.91. The van der Waals surface area contributed by atoms with Crippen LogP contribution in [0.4, 0.5) is 5.69 Å². The van der Waals surface area contributed by atoms with Gasteiger partial charge in [-0.05, 0) is 45.2 Å². The van der Waals surface area contributed by atoms with Crippen molar-refractivity contribution in [3.05, 3.63) is 41.5 Å². The predicted octanol–water partition coefficient (Wildman–Crippen LogP) is 3.03. The molecule has 1 atom stereocenters. The highest BCUT2D eigenvalue weighted by Crippen LogP contribution is 2.31. The van der Waals surface area contributed by atoms with E-state index in [-0.39, 0.29) is 12.4 Å². The van der Waals surface area contributed by atoms with E-state index in [1.165, 1.54) is 11.3 Å². The van der Waals surface area contributed by atoms with Gasteiger partial charge in [-0.1, -0.05) is 23.4 Å². The Balaban J connectivity index is 0.00000176. The van der Waals surface area contributed by atoms with Gasteiger partial charge in [0, 0.05) is 11.7 Å². The molecule has 2 aromatic rings. The van der Waals surface area contributed by atoms with Crippen molar-refractivity contribution < 1.29 is 4.52 Å². The zero-order valence-electron chi connectivity index (χ0n) is 13.2. The summed E-state index contributed by atoms with van der Waals surface area (Å²) >= 11 is 0. The van der Waals surface area contributed by atoms with E-state index >= 15 is 0 Å². The van der Waals surface area contributed by atoms with Crippen LogP contribution in [0.5, 0.6) is 0 Å². The lowest BCUT2D eigenvalue weighted by molar-refractivity contribution is 0.354. The Morgan fingerprint density at radius 3 is 2.77 bits per heavy atom. The maximum absolute atomic E-state index is 6.01. The Morgan fingerprint density at radius 1 is 1.36 bits per heavy atom. The lowest BCUT2D eigenvalue weighted by Gasteiger charge is -2.36. The third-order valence-corrected chi connectivity index (χ3v) is 4.01. The number of fused-ring (bicyclic) bond motifs is 1. The lowest BCUT2D eigenvalue weighted by Crippen LogP contribution is -2.37. The molecule has 6 heteroatoms. The molecule has 1 aliphatic rings. The molecular formula is C16H23ClN4O. The Bertz CT molecular complexity index is 635. The van der Waals surface area contributed by atoms with E-state index in [0.717, 1.165) is 12.8 Å². The van der Waals surface area contributed by atoms with Gasteiger partial charge < -0.3 is 15.2 Å². The fraction of sp³-hybridized carbons (Fsp3) is 0.500. The van der Waals surface area contributed by atoms with E-state index in [1.807, 2.05) is 13.8 Å². The summed E-state index contributed by atoms with van der Waals surface area (Å²) < 4.78 is 5.37. The highest BCUT2D eigenvalue weighted by atomic mass is 35.5. The number of hydrogen-bond acceptors (Lipinski definition) is 5. The quantitative estimate of drug-likeness (QED) is 0.940. The maximum Gasteiger partial charge on any atom is 0.246 e. The summed E-state index contributed by atoms with van der Waals surface area (Å²) in [5.74, 6) is 1.17. The minimum Gasteiger partial charge on any atom is -0.359 e. The van der Waals surface area contributed by atoms with Crippen molar-refractivity contribution in [2.75, 3.05) is 4.90 Å². The van der Waals surface area contributed by atoms with Gasteiger partial charge >= 0.3 is 0 Å². The number of anilines is 1. The SMILES string of the molecule is CC1CCc2ccccc2N1Cc1nc(C(C)(C)N)no1.Cl. The molecule has 0 saturated heterocycles. The number of aromatic nitrogens is 2. The maximum atomic E-state index is 6.01. The van der Waals surface area contributed by atoms with E-state index < -0.39 is 5.54 Å². The number of benzene rings is 1. The molecule has 1 aromatic heterocycles. The largest absolute Gasteiger partial charge is 0.359 e. The van der Waals surface area contributed by atoms with Gasteiger partial charge in [0.2, 0.25) is 5.89 Å². The van der Waals surface area contributed by atoms with Gasteiger partial charge in [-0.2, -0.15) is 4.98 Å². The number of nitrogens with two attached hydrogens (primary N) is 1. The molecular weight excluding hydrogens is 300 g/mol. The molecule has 3 rings (SSSR count). The van der Waals surface area contributed by atoms with Crippen LogP contribution >= 0.6 is 12.4 Å². The third-order valence-electron chi connectivity index (χ3n) is 4.01. The van der Waals surface area contributed by atoms with Crippen molar-refractivity contribution >= 4 is 18.1 Å². The van der Waals surface area contributed by atoms with E-state index in [0.29, 0.717) is 24.3 Å². The Labute approximate surface area is 137 Å². The second-order valence-electron chi connectivity index (χ2n) is 6.38. The first-order valence-electron chi connectivity index (χ1n) is 7.41. The van der Waals surface area contributed by atoms with E-state index in [2.05, 4.69) is 46.2 Å². The van der Waals surface area contributed by atoms with Crippen molar-refractivity contribution in [2.45, 2.75) is 51.7 Å². The number of aryl methyl sites for hydroxylation is 1. The molecule has 1 aromatic carbocycles. The standard InChI is InChI=1S/C16H22N4O.ClH/c1-11-8-9-12-6-4-5-7-13(12)20(11)10-14-18-15(19-21-14)16(2,3)17;/h4-7,11H,8-10,17H2,1-3H3;1H. The molecule has 1 aliphatic heterocycles. The molecule has 0 amide bonds. The van der Waals surface area contributed by atoms with Crippen molar-refractivity contribution in [3.8, 4) is 0 Å². The number of hydrogen-bond donors (Lipinski definition) is 1. The number of para-hydroxylation sites is 1. The van der Waals surface area contributed by atoms with Crippen molar-refractivity contribution in [2.24, 2.45) is 5.73 Å². The zero-order chi connectivity index (χ0) is 15.0. The van der Waals surface area contributed by atoms with Crippen LogP contribution in [-0.4, -0.2) is 16.2 Å². The zero-order valence-corrected chi connectivity index (χ0v) is 14.1. The fourth-order valence-electron chi connectivity index (χ4n) is 2.73. The molecule has 1 unspecified atom stereocenters. The van der Waals surface area contributed by atoms with Crippen LogP contribution in [0.25, 0.3) is 0 Å². The molecule has 0 aliphatic carbocycles. The molecule has 0 radical (unpaired) electrons. The second-order valence-corrected chi connectivity index (χ2v) is 6.38. The van der Waals surface area contributed by atoms with Gasteiger partial charge in [0.1, 0.15) is 0 Å². The molecule has 2 heterocycles. The summed E-state index contributed by atoms with van der Waals surface area (Å²) in [6, 6.07) is 8.98. The lowest BCUT2D eigenvalue weighted by atomic mass is 9.97. The molecule has 120 valence electrons. The van der Waals surface area contributed by atoms with E-state index in [9.17, 15) is 0 Å². The molecule has 2 N–H and O–H groups in total. The third kappa shape index (κ3) is 3.25. The van der Waals surface area contributed by atoms with Crippen molar-refractivity contribution in [1.82, 2.24) is 10.1 Å². The summed E-state index contributed by atoms with van der Waals surface area (Å²) in [6.07, 6.45) is 2.26. The van der Waals surface area contributed by atoms with E-state index in [4.69, 9.17) is 10.3 Å². The fourth-order valence-corrected chi connectivity index (χ4v) is 2.73. The molecule has 0 bridgehead atoms. The van der Waals surface area contributed by atoms with Gasteiger partial charge in [-0.15, -0.1) is 12.4 Å². The van der Waals surface area contributed by atoms with E-state index in [1.54, 1.807) is 0 Å². The molecule has 0 saturated carbocycles. The Hall–Kier alpha value is -1.59. The van der Waals surface area contributed by atoms with Crippen LogP contribution in [0.15, 0.2) is 28.8 Å². The summed E-state index contributed by atoms with van der Waals surface area (Å²) in [5, 5.41) is 4.00. The van der Waals surface area contributed by atoms with Crippen LogP contribution < -0.4 is 10.6 Å². The first kappa shape index (κ1) is 16.8.